The standard InChI is InChI=1S/C21H29N3O3/c1-15-19(16(2)23(3)22-15)12-21(25)24(14-18-9-7-11-27-18)13-17-8-5-6-10-20(17)26-4/h5-6,8,10,18H,7,9,11-14H2,1-4H3/t18-/m1/s1. The number of hydrogen-bond donors (Lipinski definition) is 0. The molecule has 1 fully saturated rings. The van der Waals surface area contributed by atoms with E-state index in [1.165, 1.54) is 0 Å². The van der Waals surface area contributed by atoms with Crippen molar-refractivity contribution in [2.75, 3.05) is 20.3 Å². The number of nitrogens with zero attached hydrogens (tertiary/aromatic N) is 3. The van der Waals surface area contributed by atoms with Crippen molar-refractivity contribution in [1.29, 1.82) is 0 Å². The number of rotatable bonds is 7. The van der Waals surface area contributed by atoms with E-state index < -0.39 is 0 Å². The molecule has 27 heavy (non-hydrogen) atoms. The number of benzene rings is 1. The Morgan fingerprint density at radius 3 is 2.78 bits per heavy atom. The third-order valence-electron chi connectivity index (χ3n) is 5.34. The van der Waals surface area contributed by atoms with Crippen LogP contribution in [0.25, 0.3) is 0 Å². The van der Waals surface area contributed by atoms with Gasteiger partial charge in [-0.05, 0) is 32.8 Å². The summed E-state index contributed by atoms with van der Waals surface area (Å²) in [7, 11) is 3.57. The highest BCUT2D eigenvalue weighted by Gasteiger charge is 2.25. The molecule has 0 unspecified atom stereocenters. The Morgan fingerprint density at radius 1 is 1.37 bits per heavy atom. The molecule has 1 aromatic carbocycles. The van der Waals surface area contributed by atoms with E-state index in [9.17, 15) is 4.79 Å². The van der Waals surface area contributed by atoms with Gasteiger partial charge in [0.05, 0.1) is 25.3 Å². The minimum Gasteiger partial charge on any atom is -0.496 e. The molecule has 0 aliphatic carbocycles. The van der Waals surface area contributed by atoms with Crippen molar-refractivity contribution in [3.05, 3.63) is 46.8 Å². The van der Waals surface area contributed by atoms with Crippen molar-refractivity contribution in [2.45, 2.75) is 45.8 Å². The molecule has 0 N–H and O–H groups in total. The summed E-state index contributed by atoms with van der Waals surface area (Å²) >= 11 is 0. The van der Waals surface area contributed by atoms with Gasteiger partial charge in [-0.2, -0.15) is 5.10 Å². The highest BCUT2D eigenvalue weighted by atomic mass is 16.5. The molecule has 3 rings (SSSR count). The Balaban J connectivity index is 1.81. The van der Waals surface area contributed by atoms with Crippen LogP contribution >= 0.6 is 0 Å². The Morgan fingerprint density at radius 2 is 2.15 bits per heavy atom. The van der Waals surface area contributed by atoms with Gasteiger partial charge in [-0.15, -0.1) is 0 Å². The van der Waals surface area contributed by atoms with E-state index in [1.54, 1.807) is 7.11 Å². The minimum atomic E-state index is 0.0932. The fraction of sp³-hybridized carbons (Fsp3) is 0.524. The second-order valence-corrected chi connectivity index (χ2v) is 7.17. The molecular weight excluding hydrogens is 342 g/mol. The monoisotopic (exact) mass is 371 g/mol. The van der Waals surface area contributed by atoms with E-state index in [-0.39, 0.29) is 12.0 Å². The maximum Gasteiger partial charge on any atom is 0.227 e. The third kappa shape index (κ3) is 4.50. The molecule has 0 saturated carbocycles. The van der Waals surface area contributed by atoms with Crippen LogP contribution in [0.15, 0.2) is 24.3 Å². The lowest BCUT2D eigenvalue weighted by molar-refractivity contribution is -0.132. The van der Waals surface area contributed by atoms with Crippen molar-refractivity contribution in [1.82, 2.24) is 14.7 Å². The zero-order valence-electron chi connectivity index (χ0n) is 16.7. The summed E-state index contributed by atoms with van der Waals surface area (Å²) < 4.78 is 13.1. The molecule has 0 bridgehead atoms. The molecule has 1 amide bonds. The van der Waals surface area contributed by atoms with Crippen molar-refractivity contribution < 1.29 is 14.3 Å². The predicted molar refractivity (Wildman–Crippen MR) is 104 cm³/mol. The lowest BCUT2D eigenvalue weighted by Gasteiger charge is -2.26. The van der Waals surface area contributed by atoms with Crippen LogP contribution in [0.1, 0.15) is 35.4 Å². The molecule has 2 aromatic rings. The Kier molecular flexibility index (Phi) is 6.16. The van der Waals surface area contributed by atoms with Crippen LogP contribution in [0.5, 0.6) is 5.75 Å². The summed E-state index contributed by atoms with van der Waals surface area (Å²) in [4.78, 5) is 15.1. The zero-order valence-corrected chi connectivity index (χ0v) is 16.7. The van der Waals surface area contributed by atoms with Crippen molar-refractivity contribution in [3.8, 4) is 5.75 Å². The van der Waals surface area contributed by atoms with Crippen LogP contribution in [0.2, 0.25) is 0 Å². The number of carbonyl (C=O) groups excluding carboxylic acids is 1. The van der Waals surface area contributed by atoms with Gasteiger partial charge >= 0.3 is 0 Å². The minimum absolute atomic E-state index is 0.0932. The molecule has 1 aliphatic rings. The predicted octanol–water partition coefficient (Wildman–Crippen LogP) is 2.80. The average Bonchev–Trinajstić information content (AvgIpc) is 3.25. The van der Waals surface area contributed by atoms with Gasteiger partial charge in [0.1, 0.15) is 5.75 Å². The molecule has 6 heteroatoms. The van der Waals surface area contributed by atoms with Gasteiger partial charge in [0.25, 0.3) is 0 Å². The molecule has 0 spiro atoms. The molecule has 6 nitrogen and oxygen atoms in total. The maximum atomic E-state index is 13.2. The lowest BCUT2D eigenvalue weighted by Crippen LogP contribution is -2.38. The fourth-order valence-electron chi connectivity index (χ4n) is 3.66. The molecule has 0 radical (unpaired) electrons. The van der Waals surface area contributed by atoms with Crippen molar-refractivity contribution in [2.24, 2.45) is 7.05 Å². The number of para-hydroxylation sites is 1. The van der Waals surface area contributed by atoms with Gasteiger partial charge in [-0.1, -0.05) is 18.2 Å². The first-order valence-corrected chi connectivity index (χ1v) is 9.50. The Labute approximate surface area is 161 Å². The highest BCUT2D eigenvalue weighted by Crippen LogP contribution is 2.22. The lowest BCUT2D eigenvalue weighted by atomic mass is 10.1. The number of methoxy groups -OCH3 is 1. The molecule has 1 aromatic heterocycles. The van der Waals surface area contributed by atoms with Gasteiger partial charge in [-0.25, -0.2) is 0 Å². The van der Waals surface area contributed by atoms with Gasteiger partial charge in [0, 0.05) is 43.6 Å². The van der Waals surface area contributed by atoms with E-state index in [4.69, 9.17) is 9.47 Å². The molecule has 1 saturated heterocycles. The molecule has 146 valence electrons. The van der Waals surface area contributed by atoms with Crippen LogP contribution in [0.3, 0.4) is 0 Å². The number of ether oxygens (including phenoxy) is 2. The quantitative estimate of drug-likeness (QED) is 0.751. The van der Waals surface area contributed by atoms with Gasteiger partial charge < -0.3 is 14.4 Å². The van der Waals surface area contributed by atoms with E-state index >= 15 is 0 Å². The summed E-state index contributed by atoms with van der Waals surface area (Å²) in [5.74, 6) is 0.895. The summed E-state index contributed by atoms with van der Waals surface area (Å²) in [6.45, 7) is 5.87. The zero-order chi connectivity index (χ0) is 19.4. The van der Waals surface area contributed by atoms with Crippen LogP contribution in [0, 0.1) is 13.8 Å². The van der Waals surface area contributed by atoms with Gasteiger partial charge in [0.15, 0.2) is 0 Å². The van der Waals surface area contributed by atoms with Crippen LogP contribution in [0.4, 0.5) is 0 Å². The third-order valence-corrected chi connectivity index (χ3v) is 5.34. The first kappa shape index (κ1) is 19.4. The van der Waals surface area contributed by atoms with Crippen LogP contribution < -0.4 is 4.74 Å². The molecule has 1 aliphatic heterocycles. The molecule has 1 atom stereocenters. The van der Waals surface area contributed by atoms with Crippen molar-refractivity contribution in [3.63, 3.8) is 0 Å². The topological polar surface area (TPSA) is 56.6 Å². The van der Waals surface area contributed by atoms with Gasteiger partial charge in [-0.3, -0.25) is 9.48 Å². The van der Waals surface area contributed by atoms with E-state index in [0.717, 1.165) is 47.7 Å². The Hall–Kier alpha value is -2.34. The summed E-state index contributed by atoms with van der Waals surface area (Å²) in [5, 5.41) is 4.44. The highest BCUT2D eigenvalue weighted by molar-refractivity contribution is 5.79. The summed E-state index contributed by atoms with van der Waals surface area (Å²) in [6.07, 6.45) is 2.52. The van der Waals surface area contributed by atoms with Crippen LogP contribution in [-0.2, 0) is 29.5 Å². The number of amides is 1. The van der Waals surface area contributed by atoms with Crippen LogP contribution in [-0.4, -0.2) is 47.0 Å². The summed E-state index contributed by atoms with van der Waals surface area (Å²) in [6, 6.07) is 7.85. The van der Waals surface area contributed by atoms with Crippen molar-refractivity contribution >= 4 is 5.91 Å². The molecular formula is C21H29N3O3. The second-order valence-electron chi connectivity index (χ2n) is 7.17. The Bertz CT molecular complexity index is 794. The SMILES string of the molecule is COc1ccccc1CN(C[C@H]1CCCO1)C(=O)Cc1c(C)nn(C)c1C. The average molecular weight is 371 g/mol. The molecule has 2 heterocycles. The number of carbonyl (C=O) groups is 1. The second kappa shape index (κ2) is 8.57. The first-order valence-electron chi connectivity index (χ1n) is 9.50. The first-order chi connectivity index (χ1) is 13.0. The number of aromatic nitrogens is 2. The number of hydrogen-bond acceptors (Lipinski definition) is 4. The van der Waals surface area contributed by atoms with Gasteiger partial charge in [0.2, 0.25) is 5.91 Å². The fourth-order valence-corrected chi connectivity index (χ4v) is 3.66. The smallest absolute Gasteiger partial charge is 0.227 e. The van der Waals surface area contributed by atoms with E-state index in [1.807, 2.05) is 54.7 Å². The largest absolute Gasteiger partial charge is 0.496 e. The summed E-state index contributed by atoms with van der Waals surface area (Å²) in [5.41, 5.74) is 3.97. The number of aryl methyl sites for hydroxylation is 2. The maximum absolute atomic E-state index is 13.2. The van der Waals surface area contributed by atoms with E-state index in [2.05, 4.69) is 5.10 Å². The normalized spacial score (nSPS) is 16.5. The van der Waals surface area contributed by atoms with E-state index in [0.29, 0.717) is 19.5 Å².